The second-order valence-electron chi connectivity index (χ2n) is 4.41. The fourth-order valence-electron chi connectivity index (χ4n) is 2.12. The van der Waals surface area contributed by atoms with E-state index in [4.69, 9.17) is 51.1 Å². The van der Waals surface area contributed by atoms with Crippen LogP contribution < -0.4 is 4.74 Å². The minimum atomic E-state index is 0.182. The first-order valence-corrected chi connectivity index (χ1v) is 10.3. The van der Waals surface area contributed by atoms with Crippen molar-refractivity contribution in [1.29, 1.82) is 0 Å². The van der Waals surface area contributed by atoms with Crippen LogP contribution >= 0.6 is 110 Å². The van der Waals surface area contributed by atoms with Crippen molar-refractivity contribution >= 4 is 110 Å². The Morgan fingerprint density at radius 3 is 1.77 bits per heavy atom. The fraction of sp³-hybridized carbons (Fsp3) is 0.0769. The van der Waals surface area contributed by atoms with Gasteiger partial charge in [0.1, 0.15) is 10.8 Å². The Kier molecular flexibility index (Phi) is 5.41. The van der Waals surface area contributed by atoms with Crippen LogP contribution in [-0.4, -0.2) is 0 Å². The Balaban J connectivity index is 2.32. The first-order valence-electron chi connectivity index (χ1n) is 5.63. The third kappa shape index (κ3) is 2.68. The van der Waals surface area contributed by atoms with E-state index in [0.29, 0.717) is 28.5 Å². The Bertz CT molecular complexity index is 703. The third-order valence-electron chi connectivity index (χ3n) is 3.19. The summed E-state index contributed by atoms with van der Waals surface area (Å²) in [4.78, 5) is 0. The molecule has 2 aromatic rings. The van der Waals surface area contributed by atoms with Crippen molar-refractivity contribution in [2.24, 2.45) is 0 Å². The standard InChI is InChI=1S/C13H2Br4Cl4O/c14-4-2-1-3-8(18)9(19)10(20)11(21)13(3)22-12(2)7(17)6(16)5(4)15/h1H2. The van der Waals surface area contributed by atoms with Crippen molar-refractivity contribution in [3.05, 3.63) is 49.1 Å². The van der Waals surface area contributed by atoms with Gasteiger partial charge in [0.25, 0.3) is 0 Å². The number of hydrogen-bond acceptors (Lipinski definition) is 1. The van der Waals surface area contributed by atoms with Gasteiger partial charge in [-0.15, -0.1) is 0 Å². The molecule has 1 heterocycles. The molecule has 0 saturated carbocycles. The SMILES string of the molecule is Clc1c(Cl)c(Cl)c2c(c1Cl)Cc1c(Br)c(Br)c(Br)c(Br)c1O2. The van der Waals surface area contributed by atoms with E-state index in [2.05, 4.69) is 63.7 Å². The van der Waals surface area contributed by atoms with Crippen LogP contribution in [0.4, 0.5) is 0 Å². The average Bonchev–Trinajstić information content (AvgIpc) is 2.52. The van der Waals surface area contributed by atoms with E-state index in [0.717, 1.165) is 23.5 Å². The fourth-order valence-corrected chi connectivity index (χ4v) is 5.49. The van der Waals surface area contributed by atoms with E-state index in [1.54, 1.807) is 0 Å². The summed E-state index contributed by atoms with van der Waals surface area (Å²) >= 11 is 38.9. The lowest BCUT2D eigenvalue weighted by Crippen LogP contribution is -2.07. The van der Waals surface area contributed by atoms with Gasteiger partial charge in [-0.2, -0.15) is 0 Å². The van der Waals surface area contributed by atoms with Crippen molar-refractivity contribution in [2.75, 3.05) is 0 Å². The summed E-state index contributed by atoms with van der Waals surface area (Å²) in [5.74, 6) is 1.07. The lowest BCUT2D eigenvalue weighted by molar-refractivity contribution is 0.456. The highest BCUT2D eigenvalue weighted by Gasteiger charge is 2.31. The number of benzene rings is 2. The summed E-state index contributed by atoms with van der Waals surface area (Å²) in [6.45, 7) is 0. The highest BCUT2D eigenvalue weighted by atomic mass is 79.9. The molecule has 0 saturated heterocycles. The first kappa shape index (κ1) is 18.1. The van der Waals surface area contributed by atoms with Gasteiger partial charge in [0.2, 0.25) is 0 Å². The predicted molar refractivity (Wildman–Crippen MR) is 107 cm³/mol. The molecule has 1 nitrogen and oxygen atoms in total. The Hall–Kier alpha value is 1.32. The van der Waals surface area contributed by atoms with Gasteiger partial charge >= 0.3 is 0 Å². The number of fused-ring (bicyclic) bond motifs is 2. The van der Waals surface area contributed by atoms with Crippen LogP contribution in [0.3, 0.4) is 0 Å². The van der Waals surface area contributed by atoms with Crippen LogP contribution in [0.5, 0.6) is 11.5 Å². The average molecular weight is 636 g/mol. The lowest BCUT2D eigenvalue weighted by atomic mass is 10.00. The molecule has 0 atom stereocenters. The van der Waals surface area contributed by atoms with Crippen molar-refractivity contribution < 1.29 is 4.74 Å². The first-order chi connectivity index (χ1) is 10.3. The molecule has 0 aliphatic carbocycles. The molecule has 0 radical (unpaired) electrons. The molecule has 22 heavy (non-hydrogen) atoms. The number of halogens is 8. The molecule has 0 unspecified atom stereocenters. The van der Waals surface area contributed by atoms with E-state index in [1.165, 1.54) is 0 Å². The van der Waals surface area contributed by atoms with E-state index in [1.807, 2.05) is 0 Å². The van der Waals surface area contributed by atoms with Gasteiger partial charge in [0, 0.05) is 26.5 Å². The van der Waals surface area contributed by atoms with Crippen molar-refractivity contribution in [3.8, 4) is 11.5 Å². The van der Waals surface area contributed by atoms with Gasteiger partial charge in [-0.3, -0.25) is 0 Å². The molecule has 116 valence electrons. The zero-order valence-corrected chi connectivity index (χ0v) is 19.5. The maximum Gasteiger partial charge on any atom is 0.152 e. The number of rotatable bonds is 0. The molecule has 1 aliphatic rings. The molecular formula is C13H2Br4Cl4O. The Labute approximate surface area is 180 Å². The molecule has 0 N–H and O–H groups in total. The van der Waals surface area contributed by atoms with Crippen molar-refractivity contribution in [3.63, 3.8) is 0 Å². The molecule has 0 amide bonds. The van der Waals surface area contributed by atoms with Crippen LogP contribution in [0.25, 0.3) is 0 Å². The number of hydrogen-bond donors (Lipinski definition) is 0. The van der Waals surface area contributed by atoms with Gasteiger partial charge in [-0.05, 0) is 63.7 Å². The van der Waals surface area contributed by atoms with E-state index < -0.39 is 0 Å². The van der Waals surface area contributed by atoms with Crippen LogP contribution in [0, 0.1) is 0 Å². The largest absolute Gasteiger partial charge is 0.454 e. The second-order valence-corrected chi connectivity index (χ2v) is 9.09. The Morgan fingerprint density at radius 2 is 1.14 bits per heavy atom. The molecular weight excluding hydrogens is 634 g/mol. The lowest BCUT2D eigenvalue weighted by Gasteiger charge is -2.26. The minimum Gasteiger partial charge on any atom is -0.454 e. The molecule has 0 spiro atoms. The maximum absolute atomic E-state index is 6.32. The Morgan fingerprint density at radius 1 is 0.591 bits per heavy atom. The van der Waals surface area contributed by atoms with Crippen LogP contribution in [0.15, 0.2) is 17.9 Å². The van der Waals surface area contributed by atoms with Gasteiger partial charge in [-0.1, -0.05) is 46.4 Å². The van der Waals surface area contributed by atoms with Gasteiger partial charge in [0.05, 0.1) is 24.0 Å². The second kappa shape index (κ2) is 6.56. The van der Waals surface area contributed by atoms with E-state index in [-0.39, 0.29) is 15.1 Å². The van der Waals surface area contributed by atoms with Gasteiger partial charge in [0.15, 0.2) is 5.75 Å². The highest BCUT2D eigenvalue weighted by Crippen LogP contribution is 2.55. The molecule has 0 fully saturated rings. The van der Waals surface area contributed by atoms with Crippen LogP contribution in [-0.2, 0) is 6.42 Å². The van der Waals surface area contributed by atoms with Crippen LogP contribution in [0.2, 0.25) is 20.1 Å². The van der Waals surface area contributed by atoms with E-state index in [9.17, 15) is 0 Å². The summed E-state index contributed by atoms with van der Waals surface area (Å²) < 4.78 is 9.30. The predicted octanol–water partition coefficient (Wildman–Crippen LogP) is 9.05. The molecule has 0 bridgehead atoms. The smallest absolute Gasteiger partial charge is 0.152 e. The molecule has 3 rings (SSSR count). The summed E-state index contributed by atoms with van der Waals surface area (Å²) in [5, 5.41) is 1.00. The van der Waals surface area contributed by atoms with Crippen molar-refractivity contribution in [2.45, 2.75) is 6.42 Å². The summed E-state index contributed by atoms with van der Waals surface area (Å²) in [5.41, 5.74) is 1.63. The molecule has 0 aromatic heterocycles. The monoisotopic (exact) mass is 630 g/mol. The third-order valence-corrected chi connectivity index (χ3v) is 9.83. The zero-order valence-electron chi connectivity index (χ0n) is 10.1. The highest BCUT2D eigenvalue weighted by molar-refractivity contribution is 9.15. The van der Waals surface area contributed by atoms with Gasteiger partial charge in [-0.25, -0.2) is 0 Å². The molecule has 1 aliphatic heterocycles. The summed E-state index contributed by atoms with van der Waals surface area (Å²) in [7, 11) is 0. The topological polar surface area (TPSA) is 9.23 Å². The van der Waals surface area contributed by atoms with E-state index >= 15 is 0 Å². The quantitative estimate of drug-likeness (QED) is 0.177. The minimum absolute atomic E-state index is 0.182. The maximum atomic E-state index is 6.32. The molecule has 9 heteroatoms. The van der Waals surface area contributed by atoms with Crippen molar-refractivity contribution in [1.82, 2.24) is 0 Å². The summed E-state index contributed by atoms with van der Waals surface area (Å²) in [6, 6.07) is 0. The van der Waals surface area contributed by atoms with Crippen LogP contribution in [0.1, 0.15) is 11.1 Å². The van der Waals surface area contributed by atoms with Gasteiger partial charge < -0.3 is 4.74 Å². The number of ether oxygens (including phenoxy) is 1. The zero-order chi connectivity index (χ0) is 16.3. The summed E-state index contributed by atoms with van der Waals surface area (Å²) in [6.07, 6.45) is 0.505. The molecule has 2 aromatic carbocycles. The normalized spacial score (nSPS) is 12.7.